The van der Waals surface area contributed by atoms with E-state index < -0.39 is 0 Å². The summed E-state index contributed by atoms with van der Waals surface area (Å²) in [7, 11) is 1.97. The van der Waals surface area contributed by atoms with E-state index in [2.05, 4.69) is 37.3 Å². The molecule has 0 aromatic carbocycles. The summed E-state index contributed by atoms with van der Waals surface area (Å²) in [5, 5.41) is 7.95. The van der Waals surface area contributed by atoms with Crippen LogP contribution in [0.4, 0.5) is 0 Å². The number of nitrogens with zero attached hydrogens (tertiary/aromatic N) is 2. The lowest BCUT2D eigenvalue weighted by molar-refractivity contribution is 0.438. The highest BCUT2D eigenvalue weighted by Gasteiger charge is 2.13. The average molecular weight is 209 g/mol. The summed E-state index contributed by atoms with van der Waals surface area (Å²) in [4.78, 5) is 0. The zero-order chi connectivity index (χ0) is 11.3. The highest BCUT2D eigenvalue weighted by molar-refractivity contribution is 5.05. The lowest BCUT2D eigenvalue weighted by atomic mass is 10.0. The highest BCUT2D eigenvalue weighted by atomic mass is 15.3. The third-order valence-electron chi connectivity index (χ3n) is 2.57. The van der Waals surface area contributed by atoms with Crippen LogP contribution in [0.2, 0.25) is 0 Å². The molecule has 0 fully saturated rings. The van der Waals surface area contributed by atoms with Gasteiger partial charge < -0.3 is 5.32 Å². The zero-order valence-electron chi connectivity index (χ0n) is 10.3. The van der Waals surface area contributed by atoms with E-state index in [0.717, 1.165) is 12.5 Å². The van der Waals surface area contributed by atoms with Crippen molar-refractivity contribution in [3.8, 4) is 0 Å². The summed E-state index contributed by atoms with van der Waals surface area (Å²) in [6.45, 7) is 7.67. The van der Waals surface area contributed by atoms with Crippen molar-refractivity contribution in [3.63, 3.8) is 0 Å². The third kappa shape index (κ3) is 4.04. The number of hydrogen-bond acceptors (Lipinski definition) is 2. The SMILES string of the molecule is CCNC(CCC(C)C)c1ccn(C)n1. The van der Waals surface area contributed by atoms with E-state index in [4.69, 9.17) is 0 Å². The van der Waals surface area contributed by atoms with E-state index in [9.17, 15) is 0 Å². The van der Waals surface area contributed by atoms with Crippen LogP contribution >= 0.6 is 0 Å². The fourth-order valence-electron chi connectivity index (χ4n) is 1.72. The Balaban J connectivity index is 2.57. The summed E-state index contributed by atoms with van der Waals surface area (Å²) in [6, 6.07) is 2.52. The molecule has 3 heteroatoms. The van der Waals surface area contributed by atoms with Gasteiger partial charge >= 0.3 is 0 Å². The molecule has 0 aliphatic rings. The highest BCUT2D eigenvalue weighted by Crippen LogP contribution is 2.19. The van der Waals surface area contributed by atoms with Crippen LogP contribution in [-0.2, 0) is 7.05 Å². The molecule has 0 aliphatic carbocycles. The molecule has 0 saturated carbocycles. The van der Waals surface area contributed by atoms with Crippen LogP contribution in [0.5, 0.6) is 0 Å². The predicted octanol–water partition coefficient (Wildman–Crippen LogP) is 2.51. The van der Waals surface area contributed by atoms with Crippen molar-refractivity contribution in [2.75, 3.05) is 6.54 Å². The van der Waals surface area contributed by atoms with Crippen LogP contribution in [0, 0.1) is 5.92 Å². The molecule has 0 bridgehead atoms. The Labute approximate surface area is 92.9 Å². The van der Waals surface area contributed by atoms with Gasteiger partial charge in [0.1, 0.15) is 0 Å². The second kappa shape index (κ2) is 5.91. The number of nitrogens with one attached hydrogen (secondary N) is 1. The predicted molar refractivity (Wildman–Crippen MR) is 63.7 cm³/mol. The molecule has 1 atom stereocenters. The van der Waals surface area contributed by atoms with E-state index in [1.54, 1.807) is 0 Å². The van der Waals surface area contributed by atoms with Gasteiger partial charge in [0.15, 0.2) is 0 Å². The molecule has 15 heavy (non-hydrogen) atoms. The summed E-state index contributed by atoms with van der Waals surface area (Å²) >= 11 is 0. The topological polar surface area (TPSA) is 29.9 Å². The number of rotatable bonds is 6. The van der Waals surface area contributed by atoms with Crippen LogP contribution < -0.4 is 5.32 Å². The van der Waals surface area contributed by atoms with Gasteiger partial charge in [-0.25, -0.2) is 0 Å². The Morgan fingerprint density at radius 1 is 1.40 bits per heavy atom. The van der Waals surface area contributed by atoms with E-state index >= 15 is 0 Å². The van der Waals surface area contributed by atoms with Gasteiger partial charge in [0.2, 0.25) is 0 Å². The lowest BCUT2D eigenvalue weighted by Crippen LogP contribution is -2.22. The van der Waals surface area contributed by atoms with E-state index in [0.29, 0.717) is 6.04 Å². The van der Waals surface area contributed by atoms with Crippen LogP contribution in [0.3, 0.4) is 0 Å². The van der Waals surface area contributed by atoms with Gasteiger partial charge in [-0.15, -0.1) is 0 Å². The van der Waals surface area contributed by atoms with Crippen LogP contribution in [0.1, 0.15) is 45.3 Å². The summed E-state index contributed by atoms with van der Waals surface area (Å²) in [5.74, 6) is 0.759. The molecule has 1 rings (SSSR count). The van der Waals surface area contributed by atoms with Gasteiger partial charge in [0, 0.05) is 13.2 Å². The Hall–Kier alpha value is -0.830. The summed E-state index contributed by atoms with van der Waals surface area (Å²) in [6.07, 6.45) is 4.42. The molecule has 1 N–H and O–H groups in total. The molecular formula is C12H23N3. The molecule has 1 aromatic rings. The van der Waals surface area contributed by atoms with Crippen molar-refractivity contribution in [1.82, 2.24) is 15.1 Å². The minimum atomic E-state index is 0.415. The minimum Gasteiger partial charge on any atom is -0.309 e. The number of hydrogen-bond donors (Lipinski definition) is 1. The average Bonchev–Trinajstić information content (AvgIpc) is 2.59. The second-order valence-corrected chi connectivity index (χ2v) is 4.50. The van der Waals surface area contributed by atoms with Crippen molar-refractivity contribution in [3.05, 3.63) is 18.0 Å². The molecule has 1 heterocycles. The molecule has 0 aliphatic heterocycles. The summed E-state index contributed by atoms with van der Waals surface area (Å²) in [5.41, 5.74) is 1.17. The quantitative estimate of drug-likeness (QED) is 0.780. The van der Waals surface area contributed by atoms with Gasteiger partial charge in [0.25, 0.3) is 0 Å². The molecule has 1 unspecified atom stereocenters. The number of aryl methyl sites for hydroxylation is 1. The molecule has 0 radical (unpaired) electrons. The van der Waals surface area contributed by atoms with Gasteiger partial charge in [0.05, 0.1) is 11.7 Å². The first-order valence-electron chi connectivity index (χ1n) is 5.86. The monoisotopic (exact) mass is 209 g/mol. The van der Waals surface area contributed by atoms with Gasteiger partial charge in [-0.1, -0.05) is 20.8 Å². The van der Waals surface area contributed by atoms with Gasteiger partial charge in [-0.2, -0.15) is 5.10 Å². The maximum absolute atomic E-state index is 4.46. The molecule has 0 spiro atoms. The Morgan fingerprint density at radius 3 is 2.60 bits per heavy atom. The molecular weight excluding hydrogens is 186 g/mol. The zero-order valence-corrected chi connectivity index (χ0v) is 10.3. The van der Waals surface area contributed by atoms with Crippen molar-refractivity contribution in [2.24, 2.45) is 13.0 Å². The van der Waals surface area contributed by atoms with Crippen molar-refractivity contribution in [2.45, 2.75) is 39.7 Å². The first-order valence-corrected chi connectivity index (χ1v) is 5.86. The van der Waals surface area contributed by atoms with Gasteiger partial charge in [-0.3, -0.25) is 4.68 Å². The number of aromatic nitrogens is 2. The smallest absolute Gasteiger partial charge is 0.0793 e. The van der Waals surface area contributed by atoms with Crippen molar-refractivity contribution in [1.29, 1.82) is 0 Å². The first-order chi connectivity index (χ1) is 7.13. The third-order valence-corrected chi connectivity index (χ3v) is 2.57. The fourth-order valence-corrected chi connectivity index (χ4v) is 1.72. The van der Waals surface area contributed by atoms with Crippen LogP contribution in [0.15, 0.2) is 12.3 Å². The Bertz CT molecular complexity index is 278. The van der Waals surface area contributed by atoms with E-state index in [-0.39, 0.29) is 0 Å². The Kier molecular flexibility index (Phi) is 4.82. The molecule has 86 valence electrons. The van der Waals surface area contributed by atoms with E-state index in [1.165, 1.54) is 18.5 Å². The standard InChI is InChI=1S/C12H23N3/c1-5-13-11(7-6-10(2)3)12-8-9-15(4)14-12/h8-11,13H,5-7H2,1-4H3. The first kappa shape index (κ1) is 12.2. The molecule has 0 saturated heterocycles. The fraction of sp³-hybridized carbons (Fsp3) is 0.750. The molecule has 1 aromatic heterocycles. The molecule has 3 nitrogen and oxygen atoms in total. The largest absolute Gasteiger partial charge is 0.309 e. The van der Waals surface area contributed by atoms with Gasteiger partial charge in [-0.05, 0) is 31.4 Å². The van der Waals surface area contributed by atoms with Crippen molar-refractivity contribution >= 4 is 0 Å². The van der Waals surface area contributed by atoms with Crippen LogP contribution in [-0.4, -0.2) is 16.3 Å². The lowest BCUT2D eigenvalue weighted by Gasteiger charge is -2.16. The maximum Gasteiger partial charge on any atom is 0.0793 e. The second-order valence-electron chi connectivity index (χ2n) is 4.50. The van der Waals surface area contributed by atoms with Crippen molar-refractivity contribution < 1.29 is 0 Å². The molecule has 0 amide bonds. The normalized spacial score (nSPS) is 13.4. The van der Waals surface area contributed by atoms with E-state index in [1.807, 2.05) is 17.9 Å². The van der Waals surface area contributed by atoms with Crippen LogP contribution in [0.25, 0.3) is 0 Å². The minimum absolute atomic E-state index is 0.415. The summed E-state index contributed by atoms with van der Waals surface area (Å²) < 4.78 is 1.87. The maximum atomic E-state index is 4.46. The Morgan fingerprint density at radius 2 is 2.13 bits per heavy atom.